The zero-order valence-electron chi connectivity index (χ0n) is 23.0. The van der Waals surface area contributed by atoms with Crippen molar-refractivity contribution in [2.75, 3.05) is 44.2 Å². The fourth-order valence-corrected chi connectivity index (χ4v) is 5.96. The van der Waals surface area contributed by atoms with Gasteiger partial charge in [-0.3, -0.25) is 14.5 Å². The summed E-state index contributed by atoms with van der Waals surface area (Å²) in [6, 6.07) is 8.37. The second-order valence-electron chi connectivity index (χ2n) is 11.9. The van der Waals surface area contributed by atoms with Gasteiger partial charge >= 0.3 is 0 Å². The van der Waals surface area contributed by atoms with Gasteiger partial charge in [-0.1, -0.05) is 46.8 Å². The Kier molecular flexibility index (Phi) is 10.4. The lowest BCUT2D eigenvalue weighted by Crippen LogP contribution is -2.41. The molecule has 0 unspecified atom stereocenters. The maximum Gasteiger partial charge on any atom is 0.234 e. The third kappa shape index (κ3) is 8.71. The third-order valence-electron chi connectivity index (χ3n) is 7.75. The van der Waals surface area contributed by atoms with Crippen molar-refractivity contribution in [3.63, 3.8) is 0 Å². The number of benzene rings is 1. The topological polar surface area (TPSA) is 43.9 Å². The van der Waals surface area contributed by atoms with Crippen molar-refractivity contribution in [2.45, 2.75) is 86.1 Å². The molecule has 1 amide bonds. The maximum atomic E-state index is 12.1. The highest BCUT2D eigenvalue weighted by atomic mass is 16.2. The number of amides is 1. The first-order valence-corrected chi connectivity index (χ1v) is 14.1. The Balaban J connectivity index is 0.00000167. The van der Waals surface area contributed by atoms with Crippen LogP contribution in [-0.2, 0) is 16.1 Å². The van der Waals surface area contributed by atoms with Gasteiger partial charge in [0.25, 0.3) is 0 Å². The molecular weight excluding hydrogens is 434 g/mol. The summed E-state index contributed by atoms with van der Waals surface area (Å²) in [6.07, 6.45) is 7.25. The summed E-state index contributed by atoms with van der Waals surface area (Å²) in [6.45, 7) is 18.9. The second-order valence-corrected chi connectivity index (χ2v) is 11.9. The predicted molar refractivity (Wildman–Crippen MR) is 146 cm³/mol. The summed E-state index contributed by atoms with van der Waals surface area (Å²) in [5.74, 6) is 1.75. The number of nitrogens with zero attached hydrogens (tertiary/aromatic N) is 3. The first kappa shape index (κ1) is 27.9. The van der Waals surface area contributed by atoms with Crippen molar-refractivity contribution in [1.29, 1.82) is 0 Å². The number of carbonyl (C=O) groups excluding carboxylic acids is 2. The van der Waals surface area contributed by atoms with E-state index in [0.717, 1.165) is 24.1 Å². The molecule has 3 aliphatic rings. The van der Waals surface area contributed by atoms with E-state index in [2.05, 4.69) is 42.7 Å². The third-order valence-corrected chi connectivity index (χ3v) is 7.75. The Morgan fingerprint density at radius 1 is 0.800 bits per heavy atom. The van der Waals surface area contributed by atoms with E-state index in [1.54, 1.807) is 4.90 Å². The minimum atomic E-state index is -0.0699. The van der Waals surface area contributed by atoms with Crippen molar-refractivity contribution in [3.8, 4) is 0 Å². The van der Waals surface area contributed by atoms with Gasteiger partial charge in [-0.2, -0.15) is 0 Å². The normalized spacial score (nSPS) is 21.7. The number of rotatable bonds is 6. The minimum Gasteiger partial charge on any atom is -0.312 e. The largest absolute Gasteiger partial charge is 0.312 e. The van der Waals surface area contributed by atoms with Crippen LogP contribution < -0.4 is 4.90 Å². The molecule has 1 aromatic carbocycles. The highest BCUT2D eigenvalue weighted by Gasteiger charge is 2.27. The molecule has 0 bridgehead atoms. The van der Waals surface area contributed by atoms with Crippen molar-refractivity contribution in [3.05, 3.63) is 29.8 Å². The van der Waals surface area contributed by atoms with Gasteiger partial charge in [0.05, 0.1) is 6.42 Å². The summed E-state index contributed by atoms with van der Waals surface area (Å²) in [7, 11) is 0. The van der Waals surface area contributed by atoms with Crippen LogP contribution >= 0.6 is 0 Å². The van der Waals surface area contributed by atoms with E-state index in [1.165, 1.54) is 70.4 Å². The number of hydrogen-bond acceptors (Lipinski definition) is 4. The summed E-state index contributed by atoms with van der Waals surface area (Å²) in [5.41, 5.74) is 2.69. The van der Waals surface area contributed by atoms with Crippen LogP contribution in [0, 0.1) is 17.3 Å². The number of Topliss-reactive ketones (excluding diaryl/α,β-unsaturated/α-hetero) is 1. The lowest BCUT2D eigenvalue weighted by atomic mass is 9.80. The molecule has 0 N–H and O–H groups in total. The van der Waals surface area contributed by atoms with Crippen molar-refractivity contribution >= 4 is 17.4 Å². The maximum absolute atomic E-state index is 12.1. The molecule has 35 heavy (non-hydrogen) atoms. The molecule has 3 fully saturated rings. The molecule has 3 saturated heterocycles. The molecule has 3 aliphatic heterocycles. The number of hydrogen-bond donors (Lipinski definition) is 0. The molecular formula is C30H49N3O2. The molecule has 0 atom stereocenters. The van der Waals surface area contributed by atoms with Crippen molar-refractivity contribution < 1.29 is 9.59 Å². The number of carbonyl (C=O) groups is 2. The number of piperidine rings is 3. The smallest absolute Gasteiger partial charge is 0.234 e. The van der Waals surface area contributed by atoms with Crippen molar-refractivity contribution in [2.24, 2.45) is 17.3 Å². The molecule has 5 heteroatoms. The van der Waals surface area contributed by atoms with E-state index in [4.69, 9.17) is 0 Å². The van der Waals surface area contributed by atoms with Gasteiger partial charge < -0.3 is 9.80 Å². The predicted octanol–water partition coefficient (Wildman–Crippen LogP) is 5.77. The molecule has 0 aliphatic carbocycles. The molecule has 1 aromatic rings. The molecule has 0 aromatic heterocycles. The SMILES string of the molecule is CC.CC(C)(C)CC1CCN(CC2CCN(Cc3ccc(N4CCC(=O)CC4=O)cc3)CC2)CC1. The zero-order valence-corrected chi connectivity index (χ0v) is 23.0. The Hall–Kier alpha value is -1.72. The van der Waals surface area contributed by atoms with E-state index < -0.39 is 0 Å². The summed E-state index contributed by atoms with van der Waals surface area (Å²) >= 11 is 0. The van der Waals surface area contributed by atoms with Crippen LogP contribution in [0.2, 0.25) is 0 Å². The molecule has 196 valence electrons. The fourth-order valence-electron chi connectivity index (χ4n) is 5.96. The van der Waals surface area contributed by atoms with Crippen LogP contribution in [0.3, 0.4) is 0 Å². The highest BCUT2D eigenvalue weighted by molar-refractivity contribution is 6.08. The lowest BCUT2D eigenvalue weighted by Gasteiger charge is -2.39. The van der Waals surface area contributed by atoms with Crippen LogP contribution in [0.5, 0.6) is 0 Å². The Morgan fingerprint density at radius 2 is 1.37 bits per heavy atom. The van der Waals surface area contributed by atoms with Gasteiger partial charge in [0.15, 0.2) is 0 Å². The van der Waals surface area contributed by atoms with Crippen LogP contribution in [0.25, 0.3) is 0 Å². The lowest BCUT2D eigenvalue weighted by molar-refractivity contribution is -0.128. The fraction of sp³-hybridized carbons (Fsp3) is 0.733. The first-order valence-electron chi connectivity index (χ1n) is 14.1. The zero-order chi connectivity index (χ0) is 25.4. The standard InChI is InChI=1S/C28H43N3O2.C2H6/c1-28(2,3)19-22-8-13-29(14-9-22)21-24-10-15-30(16-11-24)20-23-4-6-25(7-5-23)31-17-12-26(32)18-27(31)33;1-2/h4-7,22,24H,8-21H2,1-3H3;1-2H3. The van der Waals surface area contributed by atoms with E-state index in [-0.39, 0.29) is 18.1 Å². The van der Waals surface area contributed by atoms with Gasteiger partial charge in [-0.15, -0.1) is 0 Å². The molecule has 0 radical (unpaired) electrons. The molecule has 5 nitrogen and oxygen atoms in total. The first-order chi connectivity index (χ1) is 16.7. The average Bonchev–Trinajstić information content (AvgIpc) is 2.83. The van der Waals surface area contributed by atoms with Crippen LogP contribution in [0.1, 0.15) is 85.1 Å². The van der Waals surface area contributed by atoms with E-state index in [1.807, 2.05) is 26.0 Å². The summed E-state index contributed by atoms with van der Waals surface area (Å²) in [4.78, 5) is 30.7. The van der Waals surface area contributed by atoms with Gasteiger partial charge in [-0.05, 0) is 93.2 Å². The number of anilines is 1. The monoisotopic (exact) mass is 483 g/mol. The van der Waals surface area contributed by atoms with Gasteiger partial charge in [0.1, 0.15) is 5.78 Å². The summed E-state index contributed by atoms with van der Waals surface area (Å²) in [5, 5.41) is 0. The summed E-state index contributed by atoms with van der Waals surface area (Å²) < 4.78 is 0. The quantitative estimate of drug-likeness (QED) is 0.482. The molecule has 0 spiro atoms. The number of ketones is 1. The minimum absolute atomic E-state index is 0.0472. The Morgan fingerprint density at radius 3 is 1.94 bits per heavy atom. The van der Waals surface area contributed by atoms with Crippen LogP contribution in [0.4, 0.5) is 5.69 Å². The number of likely N-dealkylation sites (tertiary alicyclic amines) is 2. The highest BCUT2D eigenvalue weighted by Crippen LogP contribution is 2.31. The Labute approximate surface area is 214 Å². The van der Waals surface area contributed by atoms with Gasteiger partial charge in [0, 0.05) is 31.7 Å². The van der Waals surface area contributed by atoms with Gasteiger partial charge in [-0.25, -0.2) is 0 Å². The van der Waals surface area contributed by atoms with Crippen molar-refractivity contribution in [1.82, 2.24) is 9.80 Å². The average molecular weight is 484 g/mol. The van der Waals surface area contributed by atoms with E-state index >= 15 is 0 Å². The van der Waals surface area contributed by atoms with Crippen LogP contribution in [-0.4, -0.2) is 60.8 Å². The van der Waals surface area contributed by atoms with Gasteiger partial charge in [0.2, 0.25) is 5.91 Å². The molecule has 0 saturated carbocycles. The van der Waals surface area contributed by atoms with E-state index in [9.17, 15) is 9.59 Å². The Bertz CT molecular complexity index is 798. The van der Waals surface area contributed by atoms with E-state index in [0.29, 0.717) is 18.4 Å². The van der Waals surface area contributed by atoms with Crippen LogP contribution in [0.15, 0.2) is 24.3 Å². The molecule has 3 heterocycles. The second kappa shape index (κ2) is 13.0. The molecule has 4 rings (SSSR count).